The van der Waals surface area contributed by atoms with E-state index in [0.717, 1.165) is 18.2 Å². The molecule has 0 spiro atoms. The lowest BCUT2D eigenvalue weighted by Gasteiger charge is -2.34. The molecule has 1 atom stereocenters. The van der Waals surface area contributed by atoms with Crippen molar-refractivity contribution in [3.05, 3.63) is 33.9 Å². The van der Waals surface area contributed by atoms with Crippen LogP contribution in [0.2, 0.25) is 0 Å². The normalized spacial score (nSPS) is 18.9. The van der Waals surface area contributed by atoms with Crippen LogP contribution in [0.25, 0.3) is 0 Å². The first-order valence-electron chi connectivity index (χ1n) is 6.01. The summed E-state index contributed by atoms with van der Waals surface area (Å²) in [6.07, 6.45) is 0. The van der Waals surface area contributed by atoms with Gasteiger partial charge in [0.25, 0.3) is 11.6 Å². The summed E-state index contributed by atoms with van der Waals surface area (Å²) < 4.78 is 5.15. The van der Waals surface area contributed by atoms with Crippen molar-refractivity contribution in [1.82, 2.24) is 4.90 Å². The van der Waals surface area contributed by atoms with Crippen LogP contribution in [0.5, 0.6) is 5.75 Å². The summed E-state index contributed by atoms with van der Waals surface area (Å²) in [4.78, 5) is 24.0. The Morgan fingerprint density at radius 3 is 2.95 bits per heavy atom. The number of nitrogens with zero attached hydrogens (tertiary/aromatic N) is 2. The number of nitro groups is 1. The topological polar surface area (TPSA) is 113 Å². The van der Waals surface area contributed by atoms with E-state index in [1.807, 2.05) is 0 Å². The van der Waals surface area contributed by atoms with Crippen LogP contribution in [0.1, 0.15) is 10.4 Å². The molecule has 1 saturated heterocycles. The fourth-order valence-corrected chi connectivity index (χ4v) is 2.08. The first-order valence-corrected chi connectivity index (χ1v) is 6.01. The van der Waals surface area contributed by atoms with Crippen molar-refractivity contribution in [2.45, 2.75) is 6.04 Å². The minimum Gasteiger partial charge on any atom is -0.508 e. The second-order valence-electron chi connectivity index (χ2n) is 4.37. The summed E-state index contributed by atoms with van der Waals surface area (Å²) in [5.41, 5.74) is -0.577. The Morgan fingerprint density at radius 1 is 1.55 bits per heavy atom. The molecule has 1 aromatic rings. The average molecular weight is 282 g/mol. The first kappa shape index (κ1) is 14.2. The van der Waals surface area contributed by atoms with Crippen molar-refractivity contribution >= 4 is 11.6 Å². The average Bonchev–Trinajstić information content (AvgIpc) is 2.46. The Kier molecular flexibility index (Phi) is 4.16. The van der Waals surface area contributed by atoms with E-state index in [4.69, 9.17) is 4.74 Å². The summed E-state index contributed by atoms with van der Waals surface area (Å²) in [7, 11) is 0. The van der Waals surface area contributed by atoms with E-state index in [9.17, 15) is 25.1 Å². The van der Waals surface area contributed by atoms with Crippen LogP contribution in [0.3, 0.4) is 0 Å². The third-order valence-electron chi connectivity index (χ3n) is 3.11. The predicted octanol–water partition coefficient (Wildman–Crippen LogP) is 0.134. The maximum absolute atomic E-state index is 12.4. The Bertz CT molecular complexity index is 533. The summed E-state index contributed by atoms with van der Waals surface area (Å²) in [5, 5.41) is 29.6. The number of benzene rings is 1. The van der Waals surface area contributed by atoms with Crippen molar-refractivity contribution in [2.75, 3.05) is 26.4 Å². The number of phenols is 1. The van der Waals surface area contributed by atoms with Gasteiger partial charge in [-0.05, 0) is 12.1 Å². The van der Waals surface area contributed by atoms with Gasteiger partial charge in [0, 0.05) is 12.6 Å². The number of phenolic OH excluding ortho intramolecular Hbond substituents is 1. The minimum absolute atomic E-state index is 0.175. The van der Waals surface area contributed by atoms with E-state index in [1.165, 1.54) is 4.90 Å². The van der Waals surface area contributed by atoms with Crippen molar-refractivity contribution < 1.29 is 24.7 Å². The smallest absolute Gasteiger partial charge is 0.282 e. The molecule has 1 aliphatic heterocycles. The quantitative estimate of drug-likeness (QED) is 0.602. The molecule has 0 bridgehead atoms. The van der Waals surface area contributed by atoms with Crippen LogP contribution in [0, 0.1) is 10.1 Å². The number of rotatable bonds is 3. The predicted molar refractivity (Wildman–Crippen MR) is 67.5 cm³/mol. The van der Waals surface area contributed by atoms with Gasteiger partial charge in [0.05, 0.1) is 30.8 Å². The van der Waals surface area contributed by atoms with Gasteiger partial charge in [0.2, 0.25) is 0 Å². The van der Waals surface area contributed by atoms with Crippen molar-refractivity contribution in [3.8, 4) is 5.75 Å². The fourth-order valence-electron chi connectivity index (χ4n) is 2.08. The molecule has 108 valence electrons. The maximum Gasteiger partial charge on any atom is 0.282 e. The molecule has 2 rings (SSSR count). The lowest BCUT2D eigenvalue weighted by atomic mass is 10.1. The minimum atomic E-state index is -0.679. The molecule has 1 fully saturated rings. The number of aliphatic hydroxyl groups excluding tert-OH is 1. The summed E-state index contributed by atoms with van der Waals surface area (Å²) in [6, 6.07) is 2.75. The second kappa shape index (κ2) is 5.85. The standard InChI is InChI=1S/C12H14N2O6/c15-6-8-7-20-4-3-13(8)12(17)10-5-9(16)1-2-11(10)14(18)19/h1-2,5,8,15-16H,3-4,6-7H2. The number of aromatic hydroxyl groups is 1. The van der Waals surface area contributed by atoms with Crippen molar-refractivity contribution in [1.29, 1.82) is 0 Å². The van der Waals surface area contributed by atoms with Crippen LogP contribution in [0.15, 0.2) is 18.2 Å². The third kappa shape index (κ3) is 2.70. The molecule has 8 nitrogen and oxygen atoms in total. The number of carbonyl (C=O) groups excluding carboxylic acids is 1. The third-order valence-corrected chi connectivity index (χ3v) is 3.11. The second-order valence-corrected chi connectivity index (χ2v) is 4.37. The van der Waals surface area contributed by atoms with E-state index in [0.29, 0.717) is 6.61 Å². The zero-order valence-corrected chi connectivity index (χ0v) is 10.6. The zero-order valence-electron chi connectivity index (χ0n) is 10.6. The van der Waals surface area contributed by atoms with E-state index < -0.39 is 16.9 Å². The van der Waals surface area contributed by atoms with E-state index in [-0.39, 0.29) is 36.8 Å². The zero-order chi connectivity index (χ0) is 14.7. The van der Waals surface area contributed by atoms with Crippen molar-refractivity contribution in [3.63, 3.8) is 0 Å². The Hall–Kier alpha value is -2.19. The molecule has 1 aromatic carbocycles. The molecule has 1 heterocycles. The lowest BCUT2D eigenvalue weighted by Crippen LogP contribution is -2.50. The van der Waals surface area contributed by atoms with Gasteiger partial charge in [0.1, 0.15) is 11.3 Å². The van der Waals surface area contributed by atoms with Crippen LogP contribution in [-0.2, 0) is 4.74 Å². The fraction of sp³-hybridized carbons (Fsp3) is 0.417. The highest BCUT2D eigenvalue weighted by atomic mass is 16.6. The SMILES string of the molecule is O=C(c1cc(O)ccc1[N+](=O)[O-])N1CCOCC1CO. The number of hydrogen-bond donors (Lipinski definition) is 2. The molecule has 1 amide bonds. The molecule has 1 unspecified atom stereocenters. The molecule has 0 aromatic heterocycles. The molecule has 2 N–H and O–H groups in total. The van der Waals surface area contributed by atoms with Crippen LogP contribution in [0.4, 0.5) is 5.69 Å². The van der Waals surface area contributed by atoms with Crippen molar-refractivity contribution in [2.24, 2.45) is 0 Å². The van der Waals surface area contributed by atoms with Gasteiger partial charge in [-0.25, -0.2) is 0 Å². The Morgan fingerprint density at radius 2 is 2.30 bits per heavy atom. The van der Waals surface area contributed by atoms with E-state index in [2.05, 4.69) is 0 Å². The Labute approximate surface area is 114 Å². The Balaban J connectivity index is 2.36. The molecule has 20 heavy (non-hydrogen) atoms. The number of carbonyl (C=O) groups is 1. The summed E-state index contributed by atoms with van der Waals surface area (Å²) in [5.74, 6) is -0.831. The molecule has 0 radical (unpaired) electrons. The number of morpholine rings is 1. The van der Waals surface area contributed by atoms with Gasteiger partial charge in [-0.3, -0.25) is 14.9 Å². The first-order chi connectivity index (χ1) is 9.54. The maximum atomic E-state index is 12.4. The molecular formula is C12H14N2O6. The lowest BCUT2D eigenvalue weighted by molar-refractivity contribution is -0.385. The van der Waals surface area contributed by atoms with E-state index in [1.54, 1.807) is 0 Å². The summed E-state index contributed by atoms with van der Waals surface area (Å²) >= 11 is 0. The molecule has 0 saturated carbocycles. The number of nitro benzene ring substituents is 1. The molecule has 8 heteroatoms. The van der Waals surface area contributed by atoms with Gasteiger partial charge in [-0.2, -0.15) is 0 Å². The molecule has 1 aliphatic rings. The number of ether oxygens (including phenoxy) is 1. The van der Waals surface area contributed by atoms with Gasteiger partial charge >= 0.3 is 0 Å². The molecular weight excluding hydrogens is 268 g/mol. The highest BCUT2D eigenvalue weighted by molar-refractivity contribution is 5.98. The number of hydrogen-bond acceptors (Lipinski definition) is 6. The highest BCUT2D eigenvalue weighted by Crippen LogP contribution is 2.25. The number of aliphatic hydroxyl groups is 1. The molecule has 0 aliphatic carbocycles. The van der Waals surface area contributed by atoms with Gasteiger partial charge < -0.3 is 19.8 Å². The monoisotopic (exact) mass is 282 g/mol. The van der Waals surface area contributed by atoms with Crippen LogP contribution >= 0.6 is 0 Å². The highest BCUT2D eigenvalue weighted by Gasteiger charge is 2.31. The van der Waals surface area contributed by atoms with Gasteiger partial charge in [-0.15, -0.1) is 0 Å². The summed E-state index contributed by atoms with van der Waals surface area (Å²) in [6.45, 7) is 0.416. The van der Waals surface area contributed by atoms with Crippen LogP contribution < -0.4 is 0 Å². The van der Waals surface area contributed by atoms with Gasteiger partial charge in [-0.1, -0.05) is 0 Å². The van der Waals surface area contributed by atoms with Crippen LogP contribution in [-0.4, -0.2) is 58.4 Å². The van der Waals surface area contributed by atoms with E-state index >= 15 is 0 Å². The number of amides is 1. The largest absolute Gasteiger partial charge is 0.508 e. The van der Waals surface area contributed by atoms with Gasteiger partial charge in [0.15, 0.2) is 0 Å².